The number of nitrogens with zero attached hydrogens (tertiary/aromatic N) is 1. The van der Waals surface area contributed by atoms with Gasteiger partial charge in [-0.2, -0.15) is 0 Å². The van der Waals surface area contributed by atoms with Gasteiger partial charge in [-0.15, -0.1) is 0 Å². The molecule has 2 aliphatic rings. The number of methoxy groups -OCH3 is 1. The molecule has 2 heterocycles. The molecule has 3 rings (SSSR count). The summed E-state index contributed by atoms with van der Waals surface area (Å²) in [6.07, 6.45) is 2.33. The summed E-state index contributed by atoms with van der Waals surface area (Å²) in [7, 11) is 1.61. The lowest BCUT2D eigenvalue weighted by Gasteiger charge is -2.18. The minimum absolute atomic E-state index is 0.0260. The molecule has 24 heavy (non-hydrogen) atoms. The van der Waals surface area contributed by atoms with Crippen LogP contribution in [0, 0.1) is 5.92 Å². The molecule has 2 amide bonds. The third kappa shape index (κ3) is 3.87. The van der Waals surface area contributed by atoms with Crippen LogP contribution in [-0.4, -0.2) is 50.1 Å². The standard InChI is InChI=1S/C18H24N2O4/c1-23-8-6-20-12-15(10-17(20)21)18(22)19-11-13-4-5-16-14(9-13)3-2-7-24-16/h4-5,9,15H,2-3,6-8,10-12H2,1H3,(H,19,22)/t15-/m1/s1. The van der Waals surface area contributed by atoms with E-state index < -0.39 is 0 Å². The Labute approximate surface area is 142 Å². The number of ether oxygens (including phenoxy) is 2. The molecule has 1 aromatic carbocycles. The summed E-state index contributed by atoms with van der Waals surface area (Å²) in [5, 5.41) is 2.96. The average Bonchev–Trinajstić information content (AvgIpc) is 2.98. The van der Waals surface area contributed by atoms with E-state index in [1.165, 1.54) is 5.56 Å². The maximum Gasteiger partial charge on any atom is 0.225 e. The zero-order chi connectivity index (χ0) is 16.9. The third-order valence-corrected chi connectivity index (χ3v) is 4.59. The predicted octanol–water partition coefficient (Wildman–Crippen LogP) is 1.12. The molecule has 6 heteroatoms. The van der Waals surface area contributed by atoms with Crippen LogP contribution in [0.4, 0.5) is 0 Å². The van der Waals surface area contributed by atoms with E-state index in [2.05, 4.69) is 11.4 Å². The smallest absolute Gasteiger partial charge is 0.225 e. The minimum atomic E-state index is -0.268. The van der Waals surface area contributed by atoms with Crippen LogP contribution < -0.4 is 10.1 Å². The summed E-state index contributed by atoms with van der Waals surface area (Å²) >= 11 is 0. The lowest BCUT2D eigenvalue weighted by molar-refractivity contribution is -0.129. The number of likely N-dealkylation sites (tertiary alicyclic amines) is 1. The van der Waals surface area contributed by atoms with Gasteiger partial charge in [0.15, 0.2) is 0 Å². The first-order chi connectivity index (χ1) is 11.7. The van der Waals surface area contributed by atoms with Gasteiger partial charge in [-0.3, -0.25) is 9.59 Å². The van der Waals surface area contributed by atoms with Crippen molar-refractivity contribution in [2.24, 2.45) is 5.92 Å². The number of nitrogens with one attached hydrogen (secondary N) is 1. The molecule has 0 spiro atoms. The van der Waals surface area contributed by atoms with Gasteiger partial charge in [-0.05, 0) is 30.0 Å². The molecule has 6 nitrogen and oxygen atoms in total. The van der Waals surface area contributed by atoms with E-state index in [4.69, 9.17) is 9.47 Å². The molecule has 0 aromatic heterocycles. The number of amides is 2. The maximum absolute atomic E-state index is 12.3. The Morgan fingerprint density at radius 2 is 2.33 bits per heavy atom. The van der Waals surface area contributed by atoms with Crippen molar-refractivity contribution in [3.63, 3.8) is 0 Å². The lowest BCUT2D eigenvalue weighted by Crippen LogP contribution is -2.33. The second-order valence-corrected chi connectivity index (χ2v) is 6.35. The molecular formula is C18H24N2O4. The molecular weight excluding hydrogens is 308 g/mol. The van der Waals surface area contributed by atoms with Gasteiger partial charge in [0, 0.05) is 33.2 Å². The number of carbonyl (C=O) groups excluding carboxylic acids is 2. The van der Waals surface area contributed by atoms with Gasteiger partial charge in [0.05, 0.1) is 19.1 Å². The summed E-state index contributed by atoms with van der Waals surface area (Å²) < 4.78 is 10.6. The van der Waals surface area contributed by atoms with Gasteiger partial charge < -0.3 is 19.7 Å². The highest BCUT2D eigenvalue weighted by molar-refractivity contribution is 5.89. The van der Waals surface area contributed by atoms with Crippen LogP contribution in [0.1, 0.15) is 24.0 Å². The first-order valence-corrected chi connectivity index (χ1v) is 8.46. The average molecular weight is 332 g/mol. The van der Waals surface area contributed by atoms with Crippen molar-refractivity contribution in [1.82, 2.24) is 10.2 Å². The third-order valence-electron chi connectivity index (χ3n) is 4.59. The van der Waals surface area contributed by atoms with E-state index in [0.717, 1.165) is 30.8 Å². The number of benzene rings is 1. The highest BCUT2D eigenvalue weighted by Gasteiger charge is 2.33. The van der Waals surface area contributed by atoms with Gasteiger partial charge in [0.25, 0.3) is 0 Å². The monoisotopic (exact) mass is 332 g/mol. The minimum Gasteiger partial charge on any atom is -0.493 e. The Hall–Kier alpha value is -2.08. The van der Waals surface area contributed by atoms with Crippen LogP contribution in [0.15, 0.2) is 18.2 Å². The van der Waals surface area contributed by atoms with Crippen molar-refractivity contribution in [2.75, 3.05) is 33.4 Å². The van der Waals surface area contributed by atoms with Crippen molar-refractivity contribution in [3.05, 3.63) is 29.3 Å². The number of carbonyl (C=O) groups is 2. The Bertz CT molecular complexity index is 617. The van der Waals surface area contributed by atoms with Crippen LogP contribution in [0.3, 0.4) is 0 Å². The fourth-order valence-corrected chi connectivity index (χ4v) is 3.22. The SMILES string of the molecule is COCCN1C[C@H](C(=O)NCc2ccc3c(c2)CCCO3)CC1=O. The molecule has 130 valence electrons. The molecule has 1 fully saturated rings. The van der Waals surface area contributed by atoms with Crippen molar-refractivity contribution in [3.8, 4) is 5.75 Å². The van der Waals surface area contributed by atoms with Crippen LogP contribution >= 0.6 is 0 Å². The molecule has 0 aliphatic carbocycles. The van der Waals surface area contributed by atoms with Gasteiger partial charge in [-0.1, -0.05) is 12.1 Å². The number of fused-ring (bicyclic) bond motifs is 1. The van der Waals surface area contributed by atoms with Gasteiger partial charge in [-0.25, -0.2) is 0 Å². The van der Waals surface area contributed by atoms with Gasteiger partial charge in [0.1, 0.15) is 5.75 Å². The van der Waals surface area contributed by atoms with Crippen molar-refractivity contribution >= 4 is 11.8 Å². The Morgan fingerprint density at radius 3 is 3.17 bits per heavy atom. The number of hydrogen-bond donors (Lipinski definition) is 1. The van der Waals surface area contributed by atoms with Gasteiger partial charge >= 0.3 is 0 Å². The zero-order valence-corrected chi connectivity index (χ0v) is 14.0. The van der Waals surface area contributed by atoms with Crippen molar-refractivity contribution in [1.29, 1.82) is 0 Å². The number of rotatable bonds is 6. The van der Waals surface area contributed by atoms with Crippen LogP contribution in [0.25, 0.3) is 0 Å². The van der Waals surface area contributed by atoms with Crippen molar-refractivity contribution < 1.29 is 19.1 Å². The highest BCUT2D eigenvalue weighted by atomic mass is 16.5. The number of aryl methyl sites for hydroxylation is 1. The molecule has 0 bridgehead atoms. The maximum atomic E-state index is 12.3. The molecule has 1 aromatic rings. The molecule has 1 N–H and O–H groups in total. The van der Waals surface area contributed by atoms with E-state index in [1.807, 2.05) is 12.1 Å². The van der Waals surface area contributed by atoms with E-state index in [0.29, 0.717) is 26.2 Å². The van der Waals surface area contributed by atoms with Gasteiger partial charge in [0.2, 0.25) is 11.8 Å². The number of hydrogen-bond acceptors (Lipinski definition) is 4. The summed E-state index contributed by atoms with van der Waals surface area (Å²) in [5.41, 5.74) is 2.27. The van der Waals surface area contributed by atoms with E-state index in [9.17, 15) is 9.59 Å². The van der Waals surface area contributed by atoms with E-state index in [-0.39, 0.29) is 24.2 Å². The fourth-order valence-electron chi connectivity index (χ4n) is 3.22. The molecule has 1 atom stereocenters. The molecule has 0 saturated carbocycles. The highest BCUT2D eigenvalue weighted by Crippen LogP contribution is 2.25. The topological polar surface area (TPSA) is 67.9 Å². The Balaban J connectivity index is 1.51. The predicted molar refractivity (Wildman–Crippen MR) is 88.7 cm³/mol. The Morgan fingerprint density at radius 1 is 1.46 bits per heavy atom. The zero-order valence-electron chi connectivity index (χ0n) is 14.0. The molecule has 1 saturated heterocycles. The molecule has 0 unspecified atom stereocenters. The van der Waals surface area contributed by atoms with E-state index >= 15 is 0 Å². The summed E-state index contributed by atoms with van der Waals surface area (Å²) in [6.45, 7) is 2.78. The second-order valence-electron chi connectivity index (χ2n) is 6.35. The lowest BCUT2D eigenvalue weighted by atomic mass is 10.0. The van der Waals surface area contributed by atoms with E-state index in [1.54, 1.807) is 12.0 Å². The summed E-state index contributed by atoms with van der Waals surface area (Å²) in [4.78, 5) is 25.9. The summed E-state index contributed by atoms with van der Waals surface area (Å²) in [6, 6.07) is 6.05. The normalized spacial score (nSPS) is 19.8. The first kappa shape index (κ1) is 16.8. The molecule has 0 radical (unpaired) electrons. The second kappa shape index (κ2) is 7.66. The quantitative estimate of drug-likeness (QED) is 0.848. The Kier molecular flexibility index (Phi) is 5.35. The summed E-state index contributed by atoms with van der Waals surface area (Å²) in [5.74, 6) is 0.650. The largest absolute Gasteiger partial charge is 0.493 e. The van der Waals surface area contributed by atoms with Crippen LogP contribution in [0.5, 0.6) is 5.75 Å². The molecule has 2 aliphatic heterocycles. The first-order valence-electron chi connectivity index (χ1n) is 8.46. The van der Waals surface area contributed by atoms with Crippen LogP contribution in [-0.2, 0) is 27.3 Å². The van der Waals surface area contributed by atoms with Crippen LogP contribution in [0.2, 0.25) is 0 Å². The van der Waals surface area contributed by atoms with Crippen molar-refractivity contribution in [2.45, 2.75) is 25.8 Å². The fraction of sp³-hybridized carbons (Fsp3) is 0.556.